The van der Waals surface area contributed by atoms with E-state index < -0.39 is 0 Å². The van der Waals surface area contributed by atoms with Crippen LogP contribution in [0.15, 0.2) is 27.8 Å². The van der Waals surface area contributed by atoms with Crippen molar-refractivity contribution in [1.82, 2.24) is 15.1 Å². The molecule has 1 aromatic carbocycles. The maximum absolute atomic E-state index is 12.3. The summed E-state index contributed by atoms with van der Waals surface area (Å²) in [5.74, 6) is 1.59. The maximum Gasteiger partial charge on any atom is 0.277 e. The highest BCUT2D eigenvalue weighted by molar-refractivity contribution is 7.99. The number of benzene rings is 1. The molecular weight excluding hydrogens is 322 g/mol. The van der Waals surface area contributed by atoms with Crippen molar-refractivity contribution >= 4 is 17.7 Å². The van der Waals surface area contributed by atoms with Crippen LogP contribution >= 0.6 is 11.8 Å². The molecule has 2 heterocycles. The number of thioether (sulfide) groups is 1. The summed E-state index contributed by atoms with van der Waals surface area (Å²) in [6.07, 6.45) is 2.30. The molecule has 0 unspecified atom stereocenters. The number of aryl methyl sites for hydroxylation is 2. The van der Waals surface area contributed by atoms with Gasteiger partial charge in [-0.25, -0.2) is 0 Å². The summed E-state index contributed by atoms with van der Waals surface area (Å²) < 4.78 is 5.69. The summed E-state index contributed by atoms with van der Waals surface area (Å²) in [5, 5.41) is 8.60. The van der Waals surface area contributed by atoms with Crippen molar-refractivity contribution < 1.29 is 9.21 Å². The number of amides is 1. The first-order valence-corrected chi connectivity index (χ1v) is 9.33. The monoisotopic (exact) mass is 345 g/mol. The Morgan fingerprint density at radius 3 is 2.92 bits per heavy atom. The molecule has 5 nitrogen and oxygen atoms in total. The Balaban J connectivity index is 1.59. The van der Waals surface area contributed by atoms with Gasteiger partial charge in [-0.2, -0.15) is 0 Å². The molecule has 128 valence electrons. The zero-order chi connectivity index (χ0) is 17.1. The average Bonchev–Trinajstić information content (AvgIpc) is 3.04. The molecule has 0 spiro atoms. The molecule has 6 heteroatoms. The van der Waals surface area contributed by atoms with Crippen LogP contribution in [0.25, 0.3) is 11.5 Å². The zero-order valence-corrected chi connectivity index (χ0v) is 15.2. The van der Waals surface area contributed by atoms with Crippen molar-refractivity contribution in [2.75, 3.05) is 18.8 Å². The Morgan fingerprint density at radius 1 is 1.33 bits per heavy atom. The van der Waals surface area contributed by atoms with Crippen molar-refractivity contribution in [3.8, 4) is 11.5 Å². The zero-order valence-electron chi connectivity index (χ0n) is 14.4. The molecule has 1 aliphatic heterocycles. The molecule has 0 aliphatic carbocycles. The second-order valence-electron chi connectivity index (χ2n) is 6.55. The van der Waals surface area contributed by atoms with Crippen LogP contribution in [0.5, 0.6) is 0 Å². The van der Waals surface area contributed by atoms with Crippen LogP contribution in [0, 0.1) is 19.8 Å². The van der Waals surface area contributed by atoms with E-state index in [9.17, 15) is 4.79 Å². The second kappa shape index (κ2) is 7.38. The third-order valence-corrected chi connectivity index (χ3v) is 5.29. The summed E-state index contributed by atoms with van der Waals surface area (Å²) in [4.78, 5) is 14.2. The first kappa shape index (κ1) is 17.0. The number of carbonyl (C=O) groups is 1. The molecule has 0 N–H and O–H groups in total. The van der Waals surface area contributed by atoms with Crippen molar-refractivity contribution in [2.45, 2.75) is 38.8 Å². The lowest BCUT2D eigenvalue weighted by Crippen LogP contribution is -2.40. The number of carbonyl (C=O) groups excluding carboxylic acids is 1. The van der Waals surface area contributed by atoms with E-state index in [0.717, 1.165) is 25.1 Å². The molecule has 0 saturated carbocycles. The minimum absolute atomic E-state index is 0.150. The number of piperidine rings is 1. The van der Waals surface area contributed by atoms with E-state index in [1.165, 1.54) is 29.3 Å². The predicted molar refractivity (Wildman–Crippen MR) is 94.9 cm³/mol. The second-order valence-corrected chi connectivity index (χ2v) is 7.47. The SMILES string of the molecule is Cc1ccc(-c2nnc(SCC(=O)N3CCC[C@H](C)C3)o2)cc1C. The number of rotatable bonds is 4. The lowest BCUT2D eigenvalue weighted by atomic mass is 10.0. The van der Waals surface area contributed by atoms with Crippen LogP contribution in [-0.2, 0) is 4.79 Å². The van der Waals surface area contributed by atoms with Gasteiger partial charge in [0.05, 0.1) is 5.75 Å². The van der Waals surface area contributed by atoms with E-state index in [-0.39, 0.29) is 5.91 Å². The number of nitrogens with zero attached hydrogens (tertiary/aromatic N) is 3. The fourth-order valence-electron chi connectivity index (χ4n) is 2.89. The Bertz CT molecular complexity index is 729. The Hall–Kier alpha value is -1.82. The van der Waals surface area contributed by atoms with E-state index in [2.05, 4.69) is 31.0 Å². The summed E-state index contributed by atoms with van der Waals surface area (Å²) >= 11 is 1.31. The van der Waals surface area contributed by atoms with Crippen LogP contribution in [0.2, 0.25) is 0 Å². The molecule has 1 amide bonds. The molecule has 3 rings (SSSR count). The van der Waals surface area contributed by atoms with Crippen molar-refractivity contribution in [2.24, 2.45) is 5.92 Å². The van der Waals surface area contributed by atoms with Gasteiger partial charge < -0.3 is 9.32 Å². The Kier molecular flexibility index (Phi) is 5.23. The summed E-state index contributed by atoms with van der Waals surface area (Å²) in [7, 11) is 0. The summed E-state index contributed by atoms with van der Waals surface area (Å²) in [6, 6.07) is 6.06. The van der Waals surface area contributed by atoms with Gasteiger partial charge in [-0.3, -0.25) is 4.79 Å². The number of likely N-dealkylation sites (tertiary alicyclic amines) is 1. The summed E-state index contributed by atoms with van der Waals surface area (Å²) in [6.45, 7) is 8.05. The van der Waals surface area contributed by atoms with E-state index in [1.807, 2.05) is 23.1 Å². The van der Waals surface area contributed by atoms with Crippen LogP contribution in [-0.4, -0.2) is 39.8 Å². The van der Waals surface area contributed by atoms with Crippen molar-refractivity contribution in [1.29, 1.82) is 0 Å². The number of aromatic nitrogens is 2. The molecule has 1 fully saturated rings. The molecular formula is C18H23N3O2S. The lowest BCUT2D eigenvalue weighted by molar-refractivity contribution is -0.130. The van der Waals surface area contributed by atoms with Crippen LogP contribution in [0.1, 0.15) is 30.9 Å². The molecule has 24 heavy (non-hydrogen) atoms. The minimum atomic E-state index is 0.150. The van der Waals surface area contributed by atoms with Gasteiger partial charge in [0.25, 0.3) is 5.22 Å². The highest BCUT2D eigenvalue weighted by Gasteiger charge is 2.21. The van der Waals surface area contributed by atoms with Crippen LogP contribution in [0.4, 0.5) is 0 Å². The third kappa shape index (κ3) is 3.98. The molecule has 1 saturated heterocycles. The van der Waals surface area contributed by atoms with Gasteiger partial charge in [0, 0.05) is 18.7 Å². The fourth-order valence-corrected chi connectivity index (χ4v) is 3.56. The van der Waals surface area contributed by atoms with Crippen molar-refractivity contribution in [3.05, 3.63) is 29.3 Å². The van der Waals surface area contributed by atoms with Gasteiger partial charge in [-0.1, -0.05) is 24.8 Å². The van der Waals surface area contributed by atoms with E-state index in [4.69, 9.17) is 4.42 Å². The van der Waals surface area contributed by atoms with Crippen LogP contribution in [0.3, 0.4) is 0 Å². The van der Waals surface area contributed by atoms with E-state index in [0.29, 0.717) is 22.8 Å². The first-order valence-electron chi connectivity index (χ1n) is 8.34. The van der Waals surface area contributed by atoms with E-state index >= 15 is 0 Å². The standard InChI is InChI=1S/C18H23N3O2S/c1-12-5-4-8-21(10-12)16(22)11-24-18-20-19-17(23-18)15-7-6-13(2)14(3)9-15/h6-7,9,12H,4-5,8,10-11H2,1-3H3/t12-/m0/s1. The smallest absolute Gasteiger partial charge is 0.277 e. The topological polar surface area (TPSA) is 59.2 Å². The van der Waals surface area contributed by atoms with Gasteiger partial charge in [-0.15, -0.1) is 10.2 Å². The quantitative estimate of drug-likeness (QED) is 0.791. The molecule has 1 atom stereocenters. The maximum atomic E-state index is 12.3. The van der Waals surface area contributed by atoms with Gasteiger partial charge >= 0.3 is 0 Å². The summed E-state index contributed by atoms with van der Waals surface area (Å²) in [5.41, 5.74) is 3.33. The van der Waals surface area contributed by atoms with Crippen molar-refractivity contribution in [3.63, 3.8) is 0 Å². The molecule has 0 radical (unpaired) electrons. The highest BCUT2D eigenvalue weighted by atomic mass is 32.2. The number of hydrogen-bond donors (Lipinski definition) is 0. The Morgan fingerprint density at radius 2 is 2.17 bits per heavy atom. The molecule has 1 aromatic heterocycles. The largest absolute Gasteiger partial charge is 0.411 e. The van der Waals surface area contributed by atoms with Gasteiger partial charge in [0.15, 0.2) is 0 Å². The molecule has 1 aliphatic rings. The molecule has 2 aromatic rings. The van der Waals surface area contributed by atoms with E-state index in [1.54, 1.807) is 0 Å². The van der Waals surface area contributed by atoms with Crippen LogP contribution < -0.4 is 0 Å². The van der Waals surface area contributed by atoms with Gasteiger partial charge in [-0.05, 0) is 55.9 Å². The average molecular weight is 345 g/mol. The highest BCUT2D eigenvalue weighted by Crippen LogP contribution is 2.25. The normalized spacial score (nSPS) is 18.0. The van der Waals surface area contributed by atoms with Gasteiger partial charge in [0.2, 0.25) is 11.8 Å². The predicted octanol–water partition coefficient (Wildman–Crippen LogP) is 3.70. The third-order valence-electron chi connectivity index (χ3n) is 4.49. The minimum Gasteiger partial charge on any atom is -0.411 e. The first-order chi connectivity index (χ1) is 11.5. The molecule has 0 bridgehead atoms. The van der Waals surface area contributed by atoms with Gasteiger partial charge in [0.1, 0.15) is 0 Å². The lowest BCUT2D eigenvalue weighted by Gasteiger charge is -2.30. The fraction of sp³-hybridized carbons (Fsp3) is 0.500. The number of hydrogen-bond acceptors (Lipinski definition) is 5. The Labute approximate surface area is 146 Å².